The lowest BCUT2D eigenvalue weighted by atomic mass is 10.2. The predicted molar refractivity (Wildman–Crippen MR) is 43.5 cm³/mol. The summed E-state index contributed by atoms with van der Waals surface area (Å²) in [6.45, 7) is 0.882. The monoisotopic (exact) mass is 202 g/mol. The van der Waals surface area contributed by atoms with Gasteiger partial charge in [-0.1, -0.05) is 0 Å². The van der Waals surface area contributed by atoms with Crippen LogP contribution in [0.2, 0.25) is 0 Å². The van der Waals surface area contributed by atoms with Crippen LogP contribution in [0.15, 0.2) is 0 Å². The summed E-state index contributed by atoms with van der Waals surface area (Å²) in [4.78, 5) is 23.5. The number of hydrogen-bond donors (Lipinski definition) is 2. The Hall–Kier alpha value is -1.72. The Morgan fingerprint density at radius 1 is 1.57 bits per heavy atom. The Bertz CT molecular complexity index is 280. The molecule has 0 heterocycles. The number of carbonyl (C=O) groups is 2. The first kappa shape index (κ1) is 12.3. The molecule has 7 nitrogen and oxygen atoms in total. The number of rotatable bonds is 5. The van der Waals surface area contributed by atoms with Gasteiger partial charge >= 0.3 is 17.7 Å². The van der Waals surface area contributed by atoms with Crippen molar-refractivity contribution in [3.63, 3.8) is 0 Å². The molecule has 78 valence electrons. The van der Waals surface area contributed by atoms with Gasteiger partial charge in [0.15, 0.2) is 6.10 Å². The van der Waals surface area contributed by atoms with Crippen molar-refractivity contribution >= 4 is 17.7 Å². The van der Waals surface area contributed by atoms with E-state index in [0.29, 0.717) is 0 Å². The van der Waals surface area contributed by atoms with Gasteiger partial charge in [-0.2, -0.15) is 4.79 Å². The zero-order valence-corrected chi connectivity index (χ0v) is 7.51. The van der Waals surface area contributed by atoms with Gasteiger partial charge in [-0.05, 0) is 6.92 Å². The van der Waals surface area contributed by atoms with E-state index in [1.807, 2.05) is 0 Å². The maximum atomic E-state index is 10.9. The van der Waals surface area contributed by atoms with E-state index in [1.165, 1.54) is 6.92 Å². The van der Waals surface area contributed by atoms with Crippen molar-refractivity contribution in [3.8, 4) is 0 Å². The van der Waals surface area contributed by atoms with Crippen molar-refractivity contribution in [2.75, 3.05) is 6.61 Å². The molecule has 0 rings (SSSR count). The lowest BCUT2D eigenvalue weighted by Gasteiger charge is -2.00. The number of carboxylic acid groups (broad SMARTS) is 1. The highest BCUT2D eigenvalue weighted by atomic mass is 16.5. The summed E-state index contributed by atoms with van der Waals surface area (Å²) >= 11 is 0. The minimum atomic E-state index is -1.27. The highest BCUT2D eigenvalue weighted by Gasteiger charge is 2.27. The smallest absolute Gasteiger partial charge is 0.419 e. The third-order valence-corrected chi connectivity index (χ3v) is 1.26. The predicted octanol–water partition coefficient (Wildman–Crippen LogP) is -0.944. The average molecular weight is 202 g/mol. The van der Waals surface area contributed by atoms with E-state index in [-0.39, 0.29) is 13.0 Å². The quantitative estimate of drug-likeness (QED) is 0.258. The van der Waals surface area contributed by atoms with Crippen LogP contribution >= 0.6 is 0 Å². The fourth-order valence-electron chi connectivity index (χ4n) is 0.600. The van der Waals surface area contributed by atoms with Crippen LogP contribution in [0.1, 0.15) is 13.3 Å². The summed E-state index contributed by atoms with van der Waals surface area (Å²) in [5, 5.41) is 17.1. The van der Waals surface area contributed by atoms with E-state index in [4.69, 9.17) is 15.7 Å². The second-order valence-electron chi connectivity index (χ2n) is 2.44. The van der Waals surface area contributed by atoms with Gasteiger partial charge in [-0.25, -0.2) is 4.79 Å². The van der Waals surface area contributed by atoms with Crippen LogP contribution < -0.4 is 0 Å². The number of nitrogens with zero attached hydrogens (tertiary/aromatic N) is 2. The fourth-order valence-corrected chi connectivity index (χ4v) is 0.600. The van der Waals surface area contributed by atoms with Gasteiger partial charge in [-0.3, -0.25) is 4.79 Å². The molecular weight excluding hydrogens is 192 g/mol. The molecule has 0 aliphatic rings. The maximum Gasteiger partial charge on any atom is 0.419 e. The normalized spacial score (nSPS) is 11.3. The summed E-state index contributed by atoms with van der Waals surface area (Å²) in [7, 11) is 0. The molecule has 0 radical (unpaired) electrons. The van der Waals surface area contributed by atoms with Crippen molar-refractivity contribution in [1.82, 2.24) is 0 Å². The van der Waals surface area contributed by atoms with Crippen molar-refractivity contribution in [2.45, 2.75) is 19.4 Å². The van der Waals surface area contributed by atoms with Gasteiger partial charge in [0.05, 0.1) is 6.42 Å². The maximum absolute atomic E-state index is 10.9. The molecule has 0 bridgehead atoms. The lowest BCUT2D eigenvalue weighted by molar-refractivity contribution is -0.145. The number of carboxylic acids is 1. The molecule has 0 saturated heterocycles. The molecule has 0 fully saturated rings. The Labute approximate surface area is 79.5 Å². The summed E-state index contributed by atoms with van der Waals surface area (Å²) in [6.07, 6.45) is -1.61. The zero-order chi connectivity index (χ0) is 11.1. The first-order chi connectivity index (χ1) is 6.49. The summed E-state index contributed by atoms with van der Waals surface area (Å²) in [5.41, 5.74) is 7.73. The Morgan fingerprint density at radius 2 is 2.14 bits per heavy atom. The van der Waals surface area contributed by atoms with Crippen LogP contribution in [0.3, 0.4) is 0 Å². The molecule has 2 N–H and O–H groups in total. The molecule has 0 aliphatic carbocycles. The summed E-state index contributed by atoms with van der Waals surface area (Å²) in [6, 6.07) is 0. The van der Waals surface area contributed by atoms with Gasteiger partial charge in [-0.15, -0.1) is 0 Å². The minimum Gasteiger partial charge on any atom is -0.481 e. The number of aliphatic hydroxyl groups excluding tert-OH is 1. The van der Waals surface area contributed by atoms with Gasteiger partial charge in [0.2, 0.25) is 0 Å². The highest BCUT2D eigenvalue weighted by molar-refractivity contribution is 6.35. The largest absolute Gasteiger partial charge is 0.481 e. The van der Waals surface area contributed by atoms with E-state index >= 15 is 0 Å². The third-order valence-electron chi connectivity index (χ3n) is 1.26. The molecule has 0 unspecified atom stereocenters. The minimum absolute atomic E-state index is 0.333. The van der Waals surface area contributed by atoms with E-state index in [1.54, 1.807) is 0 Å². The number of aliphatic hydroxyl groups is 1. The van der Waals surface area contributed by atoms with E-state index in [9.17, 15) is 9.59 Å². The fraction of sp³-hybridized carbons (Fsp3) is 0.571. The number of hydrogen-bond acceptors (Lipinski definition) is 4. The highest BCUT2D eigenvalue weighted by Crippen LogP contribution is 1.90. The van der Waals surface area contributed by atoms with Crippen LogP contribution in [0.5, 0.6) is 0 Å². The standard InChI is InChI=1S/C7H10N2O5/c1-4(10)6(9-8)7(13)14-3-2-5(11)12/h4,10H,2-3H2,1H3,(H,11,12)/t4-/m1/s1. The van der Waals surface area contributed by atoms with Crippen LogP contribution in [-0.2, 0) is 14.3 Å². The molecule has 0 aromatic heterocycles. The molecule has 0 saturated carbocycles. The lowest BCUT2D eigenvalue weighted by Crippen LogP contribution is -2.29. The van der Waals surface area contributed by atoms with Crippen LogP contribution in [-0.4, -0.2) is 45.4 Å². The molecule has 1 atom stereocenters. The first-order valence-electron chi connectivity index (χ1n) is 3.78. The molecule has 0 amide bonds. The van der Waals surface area contributed by atoms with Crippen molar-refractivity contribution in [3.05, 3.63) is 5.53 Å². The Balaban J connectivity index is 4.08. The molecule has 0 spiro atoms. The van der Waals surface area contributed by atoms with Gasteiger partial charge < -0.3 is 20.5 Å². The molecule has 0 aromatic carbocycles. The van der Waals surface area contributed by atoms with Gasteiger partial charge in [0.25, 0.3) is 0 Å². The molecular formula is C7H10N2O5. The van der Waals surface area contributed by atoms with Crippen LogP contribution in [0.25, 0.3) is 5.53 Å². The van der Waals surface area contributed by atoms with E-state index < -0.39 is 23.8 Å². The van der Waals surface area contributed by atoms with Gasteiger partial charge in [0, 0.05) is 0 Å². The van der Waals surface area contributed by atoms with Crippen LogP contribution in [0, 0.1) is 0 Å². The number of ether oxygens (including phenoxy) is 1. The zero-order valence-electron chi connectivity index (χ0n) is 7.51. The van der Waals surface area contributed by atoms with Crippen molar-refractivity contribution < 1.29 is 29.3 Å². The molecule has 0 aromatic rings. The SMILES string of the molecule is C[C@@H](O)C(=[N+]=[N-])C(=O)OCCC(=O)O. The molecule has 0 aliphatic heterocycles. The van der Waals surface area contributed by atoms with E-state index in [0.717, 1.165) is 0 Å². The third kappa shape index (κ3) is 4.34. The Kier molecular flexibility index (Phi) is 5.13. The number of carbonyl (C=O) groups excluding carboxylic acids is 1. The summed E-state index contributed by atoms with van der Waals surface area (Å²) < 4.78 is 4.40. The number of esters is 1. The van der Waals surface area contributed by atoms with Crippen molar-refractivity contribution in [1.29, 1.82) is 0 Å². The second kappa shape index (κ2) is 5.85. The van der Waals surface area contributed by atoms with E-state index in [2.05, 4.69) is 9.53 Å². The summed E-state index contributed by atoms with van der Waals surface area (Å²) in [5.74, 6) is -2.15. The average Bonchev–Trinajstić information content (AvgIpc) is 2.03. The Morgan fingerprint density at radius 3 is 2.50 bits per heavy atom. The molecule has 14 heavy (non-hydrogen) atoms. The van der Waals surface area contributed by atoms with Gasteiger partial charge in [0.1, 0.15) is 6.61 Å². The topological polar surface area (TPSA) is 120 Å². The van der Waals surface area contributed by atoms with Crippen LogP contribution in [0.4, 0.5) is 0 Å². The molecule has 7 heteroatoms. The first-order valence-corrected chi connectivity index (χ1v) is 3.78. The number of aliphatic carboxylic acids is 1. The second-order valence-corrected chi connectivity index (χ2v) is 2.44. The van der Waals surface area contributed by atoms with Crippen molar-refractivity contribution in [2.24, 2.45) is 0 Å².